The summed E-state index contributed by atoms with van der Waals surface area (Å²) in [6.45, 7) is 0.478. The number of rotatable bonds is 4. The maximum atomic E-state index is 12.3. The van der Waals surface area contributed by atoms with Gasteiger partial charge in [0.1, 0.15) is 0 Å². The van der Waals surface area contributed by atoms with Gasteiger partial charge in [-0.15, -0.1) is 0 Å². The van der Waals surface area contributed by atoms with Crippen LogP contribution in [0.3, 0.4) is 0 Å². The summed E-state index contributed by atoms with van der Waals surface area (Å²) in [6.07, 6.45) is 3.44. The third-order valence-electron chi connectivity index (χ3n) is 3.25. The number of amides is 2. The lowest BCUT2D eigenvalue weighted by Gasteiger charge is -2.15. The zero-order valence-corrected chi connectivity index (χ0v) is 10.7. The minimum absolute atomic E-state index is 0.177. The van der Waals surface area contributed by atoms with Crippen molar-refractivity contribution in [1.82, 2.24) is 15.3 Å². The van der Waals surface area contributed by atoms with Crippen LogP contribution in [0.25, 0.3) is 0 Å². The van der Waals surface area contributed by atoms with Crippen LogP contribution in [0.2, 0.25) is 0 Å². The molecular weight excluding hydrogens is 256 g/mol. The molecule has 1 unspecified atom stereocenters. The van der Waals surface area contributed by atoms with Gasteiger partial charge in [-0.25, -0.2) is 9.88 Å². The Bertz CT molecular complexity index is 609. The van der Waals surface area contributed by atoms with Gasteiger partial charge in [0.25, 0.3) is 5.91 Å². The van der Waals surface area contributed by atoms with E-state index in [9.17, 15) is 9.59 Å². The van der Waals surface area contributed by atoms with Gasteiger partial charge in [-0.1, -0.05) is 18.2 Å². The Morgan fingerprint density at radius 2 is 2.10 bits per heavy atom. The number of imide groups is 1. The van der Waals surface area contributed by atoms with Crippen LogP contribution >= 0.6 is 0 Å². The lowest BCUT2D eigenvalue weighted by molar-refractivity contribution is -0.121. The first kappa shape index (κ1) is 12.6. The third kappa shape index (κ3) is 2.33. The van der Waals surface area contributed by atoms with Crippen LogP contribution in [0.15, 0.2) is 42.9 Å². The second kappa shape index (κ2) is 5.26. The van der Waals surface area contributed by atoms with Gasteiger partial charge in [-0.05, 0) is 12.1 Å². The molecule has 3 rings (SSSR count). The Labute approximate surface area is 115 Å². The first-order chi connectivity index (χ1) is 9.75. The monoisotopic (exact) mass is 270 g/mol. The fourth-order valence-electron chi connectivity index (χ4n) is 2.25. The van der Waals surface area contributed by atoms with Crippen LogP contribution in [-0.4, -0.2) is 27.8 Å². The summed E-state index contributed by atoms with van der Waals surface area (Å²) < 4.78 is 0. The van der Waals surface area contributed by atoms with E-state index in [-0.39, 0.29) is 18.2 Å². The smallest absolute Gasteiger partial charge is 0.251 e. The van der Waals surface area contributed by atoms with Crippen LogP contribution in [0.4, 0.5) is 5.69 Å². The number of carbonyl (C=O) groups excluding carboxylic acids is 2. The molecule has 2 aromatic rings. The Hall–Kier alpha value is -2.47. The molecule has 1 aliphatic rings. The summed E-state index contributed by atoms with van der Waals surface area (Å²) in [4.78, 5) is 32.4. The van der Waals surface area contributed by atoms with Gasteiger partial charge in [-0.2, -0.15) is 0 Å². The van der Waals surface area contributed by atoms with Gasteiger partial charge >= 0.3 is 0 Å². The third-order valence-corrected chi connectivity index (χ3v) is 3.25. The van der Waals surface area contributed by atoms with E-state index < -0.39 is 6.04 Å². The molecule has 0 saturated carbocycles. The summed E-state index contributed by atoms with van der Waals surface area (Å²) in [5, 5.41) is 3.08. The Kier molecular flexibility index (Phi) is 3.30. The highest BCUT2D eigenvalue weighted by atomic mass is 16.2. The molecule has 0 aliphatic carbocycles. The number of para-hydroxylation sites is 1. The van der Waals surface area contributed by atoms with Crippen molar-refractivity contribution in [3.05, 3.63) is 48.5 Å². The normalized spacial score (nSPS) is 18.8. The van der Waals surface area contributed by atoms with Gasteiger partial charge in [0, 0.05) is 18.4 Å². The maximum absolute atomic E-state index is 12.3. The number of benzene rings is 1. The first-order valence-corrected chi connectivity index (χ1v) is 6.38. The van der Waals surface area contributed by atoms with Crippen molar-refractivity contribution in [2.75, 3.05) is 4.90 Å². The molecule has 102 valence electrons. The molecule has 2 N–H and O–H groups in total. The fourth-order valence-corrected chi connectivity index (χ4v) is 2.25. The molecule has 1 aliphatic heterocycles. The molecule has 0 spiro atoms. The number of nitrogens with one attached hydrogen (secondary N) is 2. The highest BCUT2D eigenvalue weighted by molar-refractivity contribution is 6.22. The van der Waals surface area contributed by atoms with E-state index in [1.807, 2.05) is 6.07 Å². The number of aromatic nitrogens is 2. The van der Waals surface area contributed by atoms with E-state index in [1.165, 1.54) is 4.90 Å². The zero-order valence-electron chi connectivity index (χ0n) is 10.7. The Balaban J connectivity index is 1.70. The van der Waals surface area contributed by atoms with Crippen molar-refractivity contribution in [2.24, 2.45) is 0 Å². The van der Waals surface area contributed by atoms with Crippen LogP contribution < -0.4 is 10.2 Å². The maximum Gasteiger partial charge on any atom is 0.251 e. The highest BCUT2D eigenvalue weighted by Crippen LogP contribution is 2.22. The van der Waals surface area contributed by atoms with Crippen molar-refractivity contribution in [3.8, 4) is 0 Å². The van der Waals surface area contributed by atoms with E-state index in [4.69, 9.17) is 0 Å². The van der Waals surface area contributed by atoms with Crippen LogP contribution in [0, 0.1) is 0 Å². The van der Waals surface area contributed by atoms with Crippen molar-refractivity contribution < 1.29 is 9.59 Å². The lowest BCUT2D eigenvalue weighted by atomic mass is 10.2. The quantitative estimate of drug-likeness (QED) is 0.807. The molecule has 0 bridgehead atoms. The first-order valence-electron chi connectivity index (χ1n) is 6.38. The number of anilines is 1. The van der Waals surface area contributed by atoms with Crippen molar-refractivity contribution in [1.29, 1.82) is 0 Å². The molecule has 1 aromatic carbocycles. The van der Waals surface area contributed by atoms with Crippen molar-refractivity contribution in [2.45, 2.75) is 19.0 Å². The molecule has 1 fully saturated rings. The minimum atomic E-state index is -0.481. The highest BCUT2D eigenvalue weighted by Gasteiger charge is 2.39. The topological polar surface area (TPSA) is 78.1 Å². The summed E-state index contributed by atoms with van der Waals surface area (Å²) in [5.74, 6) is -0.385. The number of carbonyl (C=O) groups is 2. The number of imidazole rings is 1. The van der Waals surface area contributed by atoms with Crippen LogP contribution in [-0.2, 0) is 16.1 Å². The zero-order chi connectivity index (χ0) is 13.9. The Morgan fingerprint density at radius 3 is 2.80 bits per heavy atom. The average molecular weight is 270 g/mol. The predicted molar refractivity (Wildman–Crippen MR) is 72.8 cm³/mol. The second-order valence-corrected chi connectivity index (χ2v) is 4.62. The number of aromatic amines is 1. The Morgan fingerprint density at radius 1 is 1.30 bits per heavy atom. The van der Waals surface area contributed by atoms with E-state index in [1.54, 1.807) is 36.8 Å². The largest absolute Gasteiger partial charge is 0.347 e. The number of hydrogen-bond donors (Lipinski definition) is 2. The molecule has 20 heavy (non-hydrogen) atoms. The molecule has 1 saturated heterocycles. The van der Waals surface area contributed by atoms with Gasteiger partial charge < -0.3 is 4.98 Å². The number of H-pyrrole nitrogens is 1. The molecular formula is C14H14N4O2. The fraction of sp³-hybridized carbons (Fsp3) is 0.214. The van der Waals surface area contributed by atoms with Crippen LogP contribution in [0.1, 0.15) is 12.1 Å². The number of nitrogens with zero attached hydrogens (tertiary/aromatic N) is 2. The van der Waals surface area contributed by atoms with Gasteiger partial charge in [0.15, 0.2) is 0 Å². The van der Waals surface area contributed by atoms with E-state index in [0.717, 1.165) is 5.69 Å². The lowest BCUT2D eigenvalue weighted by Crippen LogP contribution is -2.38. The molecule has 0 radical (unpaired) electrons. The van der Waals surface area contributed by atoms with Crippen molar-refractivity contribution >= 4 is 17.5 Å². The summed E-state index contributed by atoms with van der Waals surface area (Å²) in [6, 6.07) is 8.50. The predicted octanol–water partition coefficient (Wildman–Crippen LogP) is 0.831. The molecule has 2 heterocycles. The second-order valence-electron chi connectivity index (χ2n) is 4.62. The van der Waals surface area contributed by atoms with Gasteiger partial charge in [0.05, 0.1) is 24.5 Å². The van der Waals surface area contributed by atoms with Gasteiger partial charge in [-0.3, -0.25) is 14.9 Å². The molecule has 6 heteroatoms. The summed E-state index contributed by atoms with van der Waals surface area (Å²) in [7, 11) is 0. The number of hydrogen-bond acceptors (Lipinski definition) is 4. The average Bonchev–Trinajstić information content (AvgIpc) is 3.06. The molecule has 6 nitrogen and oxygen atoms in total. The molecule has 2 amide bonds. The minimum Gasteiger partial charge on any atom is -0.347 e. The molecule has 1 aromatic heterocycles. The molecule has 1 atom stereocenters. The SMILES string of the molecule is O=C1CC(NCc2cnc[nH]2)C(=O)N1c1ccccc1. The van der Waals surface area contributed by atoms with E-state index in [0.29, 0.717) is 12.2 Å². The summed E-state index contributed by atoms with van der Waals surface area (Å²) in [5.41, 5.74) is 1.50. The van der Waals surface area contributed by atoms with Gasteiger partial charge in [0.2, 0.25) is 5.91 Å². The standard InChI is InChI=1S/C14H14N4O2/c19-13-6-12(16-8-10-7-15-9-17-10)14(20)18(13)11-4-2-1-3-5-11/h1-5,7,9,12,16H,6,8H2,(H,15,17). The summed E-state index contributed by atoms with van der Waals surface area (Å²) >= 11 is 0. The van der Waals surface area contributed by atoms with Crippen LogP contribution in [0.5, 0.6) is 0 Å². The van der Waals surface area contributed by atoms with E-state index in [2.05, 4.69) is 15.3 Å². The van der Waals surface area contributed by atoms with Crippen molar-refractivity contribution in [3.63, 3.8) is 0 Å². The van der Waals surface area contributed by atoms with E-state index >= 15 is 0 Å².